The molecule has 0 bridgehead atoms. The van der Waals surface area contributed by atoms with Crippen LogP contribution >= 0.6 is 0 Å². The van der Waals surface area contributed by atoms with E-state index in [-0.39, 0.29) is 0 Å². The molecule has 0 fully saturated rings. The number of hydrogen-bond donors (Lipinski definition) is 0. The first-order valence-electron chi connectivity index (χ1n) is 25.8. The van der Waals surface area contributed by atoms with Crippen LogP contribution in [-0.2, 0) is 19.0 Å². The number of aryl methyl sites for hydroxylation is 6. The number of unbranched alkanes of at least 4 members (excludes halogenated alkanes) is 3. The van der Waals surface area contributed by atoms with Crippen LogP contribution in [0.3, 0.4) is 0 Å². The molecular formula is C68H64N4+4. The minimum Gasteiger partial charge on any atom is -0.208 e. The Labute approximate surface area is 426 Å². The number of fused-ring (bicyclic) bond motifs is 3. The molecule has 0 saturated carbocycles. The molecular weight excluding hydrogens is 873 g/mol. The van der Waals surface area contributed by atoms with Gasteiger partial charge in [-0.2, -0.15) is 9.13 Å². The summed E-state index contributed by atoms with van der Waals surface area (Å²) in [7, 11) is 2.06. The molecule has 1 aliphatic rings. The third kappa shape index (κ3) is 8.55. The predicted octanol–water partition coefficient (Wildman–Crippen LogP) is 14.2. The first-order chi connectivity index (χ1) is 35.2. The zero-order chi connectivity index (χ0) is 49.3. The van der Waals surface area contributed by atoms with Crippen LogP contribution < -0.4 is 18.3 Å². The minimum atomic E-state index is -0.555. The first-order valence-corrected chi connectivity index (χ1v) is 25.8. The van der Waals surface area contributed by atoms with Gasteiger partial charge in [-0.3, -0.25) is 0 Å². The van der Waals surface area contributed by atoms with Crippen LogP contribution in [0.1, 0.15) is 77.4 Å². The Morgan fingerprint density at radius 2 is 0.819 bits per heavy atom. The SMILES string of the molecule is CCCCCC[n+]1ccc(-c2cc(C)[n+](-c3ccc(C4(c5ccc(-[n+]6c(C)cc(-c7cc[n+](C)cc7)cc6-c6ccc(C)cc6)cc5)c5ccccc5-c5ccccc54)cc3)c(-c3ccc(C)cc3)c2)cc1. The summed E-state index contributed by atoms with van der Waals surface area (Å²) in [6.45, 7) is 12.1. The minimum absolute atomic E-state index is 0.555. The van der Waals surface area contributed by atoms with E-state index < -0.39 is 5.41 Å². The van der Waals surface area contributed by atoms with Gasteiger partial charge in [0.1, 0.15) is 13.6 Å². The predicted molar refractivity (Wildman–Crippen MR) is 293 cm³/mol. The Balaban J connectivity index is 1.03. The smallest absolute Gasteiger partial charge is 0.208 e. The number of hydrogen-bond acceptors (Lipinski definition) is 0. The molecule has 4 heterocycles. The van der Waals surface area contributed by atoms with Gasteiger partial charge in [0.2, 0.25) is 22.8 Å². The van der Waals surface area contributed by atoms with Crippen molar-refractivity contribution < 1.29 is 18.3 Å². The van der Waals surface area contributed by atoms with Crippen molar-refractivity contribution in [1.82, 2.24) is 0 Å². The van der Waals surface area contributed by atoms with Gasteiger partial charge in [-0.05, 0) is 100 Å². The second kappa shape index (κ2) is 19.6. The molecule has 0 unspecified atom stereocenters. The van der Waals surface area contributed by atoms with E-state index in [0.717, 1.165) is 23.6 Å². The van der Waals surface area contributed by atoms with E-state index in [1.807, 2.05) is 0 Å². The summed E-state index contributed by atoms with van der Waals surface area (Å²) in [5.41, 5.74) is 23.7. The second-order valence-electron chi connectivity index (χ2n) is 20.0. The van der Waals surface area contributed by atoms with Crippen molar-refractivity contribution in [1.29, 1.82) is 0 Å². The summed E-state index contributed by atoms with van der Waals surface area (Å²) in [4.78, 5) is 0. The molecule has 0 atom stereocenters. The average molecular weight is 937 g/mol. The molecule has 4 aromatic heterocycles. The molecule has 1 aliphatic carbocycles. The molecule has 0 amide bonds. The molecule has 4 nitrogen and oxygen atoms in total. The van der Waals surface area contributed by atoms with Crippen molar-refractivity contribution in [3.8, 4) is 67.3 Å². The fourth-order valence-electron chi connectivity index (χ4n) is 11.3. The van der Waals surface area contributed by atoms with Crippen molar-refractivity contribution in [2.24, 2.45) is 7.05 Å². The molecule has 0 N–H and O–H groups in total. The highest BCUT2D eigenvalue weighted by molar-refractivity contribution is 5.86. The van der Waals surface area contributed by atoms with Gasteiger partial charge in [0.05, 0.1) is 5.41 Å². The summed E-state index contributed by atoms with van der Waals surface area (Å²) in [6, 6.07) is 73.2. The average Bonchev–Trinajstić information content (AvgIpc) is 3.71. The maximum Gasteiger partial charge on any atom is 0.219 e. The zero-order valence-electron chi connectivity index (χ0n) is 42.6. The van der Waals surface area contributed by atoms with Crippen LogP contribution in [0, 0.1) is 27.7 Å². The van der Waals surface area contributed by atoms with Crippen molar-refractivity contribution >= 4 is 0 Å². The largest absolute Gasteiger partial charge is 0.219 e. The highest BCUT2D eigenvalue weighted by atomic mass is 15.0. The standard InChI is InChI=1S/C68H64N4/c1-7-8-9-14-39-70-42-37-53(38-43-70)57-45-51(5)72(67(47-57)55-25-21-49(3)22-26-55)61-33-29-59(30-34-61)68(64-17-12-10-15-62(64)63-16-11-13-18-65(63)68)58-27-31-60(32-28-58)71-50(4)44-56(52-35-40-69(6)41-36-52)46-66(71)54-23-19-48(2)20-24-54/h10-13,15-38,40-47H,7-9,14,39H2,1-6H3/q+4. The Kier molecular flexibility index (Phi) is 12.6. The molecule has 4 heteroatoms. The zero-order valence-corrected chi connectivity index (χ0v) is 42.6. The number of rotatable bonds is 13. The normalized spacial score (nSPS) is 12.4. The van der Waals surface area contributed by atoms with Gasteiger partial charge in [-0.1, -0.05) is 128 Å². The van der Waals surface area contributed by atoms with Crippen LogP contribution in [0.2, 0.25) is 0 Å². The third-order valence-corrected chi connectivity index (χ3v) is 15.1. The fraction of sp³-hybridized carbons (Fsp3) is 0.176. The van der Waals surface area contributed by atoms with Crippen molar-refractivity contribution in [3.05, 3.63) is 264 Å². The lowest BCUT2D eigenvalue weighted by Gasteiger charge is -2.33. The highest BCUT2D eigenvalue weighted by Crippen LogP contribution is 2.56. The molecule has 352 valence electrons. The Morgan fingerprint density at radius 1 is 0.389 bits per heavy atom. The van der Waals surface area contributed by atoms with Gasteiger partial charge in [0.15, 0.2) is 36.2 Å². The number of pyridine rings is 4. The van der Waals surface area contributed by atoms with E-state index >= 15 is 0 Å². The molecule has 72 heavy (non-hydrogen) atoms. The van der Waals surface area contributed by atoms with Gasteiger partial charge in [0.25, 0.3) is 0 Å². The first kappa shape index (κ1) is 46.3. The lowest BCUT2D eigenvalue weighted by Crippen LogP contribution is -2.38. The quantitative estimate of drug-likeness (QED) is 0.0809. The van der Waals surface area contributed by atoms with Gasteiger partial charge < -0.3 is 0 Å². The van der Waals surface area contributed by atoms with E-state index in [4.69, 9.17) is 0 Å². The Bertz CT molecular complexity index is 3510. The van der Waals surface area contributed by atoms with Gasteiger partial charge in [0, 0.05) is 104 Å². The van der Waals surface area contributed by atoms with E-state index in [1.54, 1.807) is 0 Å². The third-order valence-electron chi connectivity index (χ3n) is 15.1. The highest BCUT2D eigenvalue weighted by Gasteiger charge is 2.46. The van der Waals surface area contributed by atoms with Crippen LogP contribution in [-0.4, -0.2) is 0 Å². The monoisotopic (exact) mass is 937 g/mol. The van der Waals surface area contributed by atoms with Gasteiger partial charge in [-0.15, -0.1) is 0 Å². The van der Waals surface area contributed by atoms with Crippen molar-refractivity contribution in [2.45, 2.75) is 72.3 Å². The summed E-state index contributed by atoms with van der Waals surface area (Å²) < 4.78 is 9.26. The molecule has 0 spiro atoms. The molecule has 11 rings (SSSR count). The summed E-state index contributed by atoms with van der Waals surface area (Å²) in [5, 5.41) is 0. The molecule has 0 aliphatic heterocycles. The van der Waals surface area contributed by atoms with Crippen molar-refractivity contribution in [2.75, 3.05) is 0 Å². The maximum atomic E-state index is 2.43. The summed E-state index contributed by atoms with van der Waals surface area (Å²) >= 11 is 0. The molecule has 0 radical (unpaired) electrons. The molecule has 10 aromatic rings. The van der Waals surface area contributed by atoms with Crippen LogP contribution in [0.15, 0.2) is 219 Å². The number of benzene rings is 6. The number of nitrogens with zero attached hydrogens (tertiary/aromatic N) is 4. The van der Waals surface area contributed by atoms with E-state index in [0.29, 0.717) is 0 Å². The topological polar surface area (TPSA) is 15.5 Å². The van der Waals surface area contributed by atoms with E-state index in [9.17, 15) is 0 Å². The lowest BCUT2D eigenvalue weighted by molar-refractivity contribution is -0.697. The molecule has 0 saturated heterocycles. The number of aromatic nitrogens is 4. The lowest BCUT2D eigenvalue weighted by atomic mass is 9.67. The van der Waals surface area contributed by atoms with E-state index in [2.05, 4.69) is 279 Å². The van der Waals surface area contributed by atoms with Crippen LogP contribution in [0.5, 0.6) is 0 Å². The Morgan fingerprint density at radius 3 is 1.26 bits per heavy atom. The maximum absolute atomic E-state index is 2.43. The van der Waals surface area contributed by atoms with Crippen LogP contribution in [0.25, 0.3) is 67.3 Å². The van der Waals surface area contributed by atoms with Crippen molar-refractivity contribution in [3.63, 3.8) is 0 Å². The molecule has 6 aromatic carbocycles. The van der Waals surface area contributed by atoms with E-state index in [1.165, 1.54) is 121 Å². The summed E-state index contributed by atoms with van der Waals surface area (Å²) in [5.74, 6) is 0. The summed E-state index contributed by atoms with van der Waals surface area (Å²) in [6.07, 6.45) is 13.8. The second-order valence-corrected chi connectivity index (χ2v) is 20.0. The fourth-order valence-corrected chi connectivity index (χ4v) is 11.3. The Hall–Kier alpha value is -8.08. The van der Waals surface area contributed by atoms with Crippen LogP contribution in [0.4, 0.5) is 0 Å². The van der Waals surface area contributed by atoms with Gasteiger partial charge >= 0.3 is 0 Å². The van der Waals surface area contributed by atoms with Gasteiger partial charge in [-0.25, -0.2) is 9.13 Å².